The van der Waals surface area contributed by atoms with Crippen LogP contribution in [0, 0.1) is 5.92 Å². The largest absolute Gasteiger partial charge is 0.467 e. The average molecular weight is 407 g/mol. The standard InChI is InChI=1S/C20H26N2O5S/c1-27-20(24)18-12-13-5-2-3-8-17(13)22(18)19(23)14-6-4-7-16(11-14)28(25,26)21-15-9-10-15/h4,6-7,11,13,15,17-18,21H,2-3,5,8-10,12H2,1H3. The molecule has 3 aliphatic rings. The number of benzene rings is 1. The predicted molar refractivity (Wildman–Crippen MR) is 102 cm³/mol. The molecule has 28 heavy (non-hydrogen) atoms. The topological polar surface area (TPSA) is 92.8 Å². The molecule has 3 fully saturated rings. The highest BCUT2D eigenvalue weighted by Crippen LogP contribution is 2.41. The fourth-order valence-electron chi connectivity index (χ4n) is 4.53. The molecule has 8 heteroatoms. The van der Waals surface area contributed by atoms with Crippen LogP contribution in [0.4, 0.5) is 0 Å². The Balaban J connectivity index is 1.63. The first kappa shape index (κ1) is 19.4. The molecule has 1 aromatic rings. The van der Waals surface area contributed by atoms with Crippen molar-refractivity contribution in [1.82, 2.24) is 9.62 Å². The quantitative estimate of drug-likeness (QED) is 0.756. The molecular weight excluding hydrogens is 380 g/mol. The molecule has 152 valence electrons. The number of esters is 1. The Kier molecular flexibility index (Phi) is 5.18. The van der Waals surface area contributed by atoms with E-state index in [1.54, 1.807) is 17.0 Å². The molecule has 1 N–H and O–H groups in total. The molecular formula is C20H26N2O5S. The summed E-state index contributed by atoms with van der Waals surface area (Å²) in [6.45, 7) is 0. The van der Waals surface area contributed by atoms with Gasteiger partial charge in [0.05, 0.1) is 12.0 Å². The van der Waals surface area contributed by atoms with Gasteiger partial charge in [0.2, 0.25) is 10.0 Å². The van der Waals surface area contributed by atoms with Gasteiger partial charge in [-0.15, -0.1) is 0 Å². The summed E-state index contributed by atoms with van der Waals surface area (Å²) in [7, 11) is -2.31. The lowest BCUT2D eigenvalue weighted by atomic mass is 9.84. The van der Waals surface area contributed by atoms with Crippen molar-refractivity contribution < 1.29 is 22.7 Å². The molecule has 2 saturated carbocycles. The molecule has 1 saturated heterocycles. The van der Waals surface area contributed by atoms with Crippen LogP contribution in [-0.4, -0.2) is 50.4 Å². The molecule has 1 aromatic carbocycles. The Bertz CT molecular complexity index is 880. The van der Waals surface area contributed by atoms with E-state index in [0.717, 1.165) is 38.5 Å². The smallest absolute Gasteiger partial charge is 0.328 e. The zero-order valence-corrected chi connectivity index (χ0v) is 16.8. The summed E-state index contributed by atoms with van der Waals surface area (Å²) >= 11 is 0. The fourth-order valence-corrected chi connectivity index (χ4v) is 5.88. The lowest BCUT2D eigenvalue weighted by Gasteiger charge is -2.33. The Morgan fingerprint density at radius 1 is 1.14 bits per heavy atom. The van der Waals surface area contributed by atoms with Crippen molar-refractivity contribution in [1.29, 1.82) is 0 Å². The minimum atomic E-state index is -3.65. The maximum Gasteiger partial charge on any atom is 0.328 e. The number of sulfonamides is 1. The minimum Gasteiger partial charge on any atom is -0.467 e. The Hall–Kier alpha value is -1.93. The van der Waals surface area contributed by atoms with Gasteiger partial charge in [-0.25, -0.2) is 17.9 Å². The van der Waals surface area contributed by atoms with Gasteiger partial charge in [0.1, 0.15) is 6.04 Å². The second kappa shape index (κ2) is 7.48. The number of nitrogens with zero attached hydrogens (tertiary/aromatic N) is 1. The third-order valence-electron chi connectivity index (χ3n) is 6.09. The van der Waals surface area contributed by atoms with Gasteiger partial charge < -0.3 is 9.64 Å². The minimum absolute atomic E-state index is 0.00496. The molecule has 7 nitrogen and oxygen atoms in total. The van der Waals surface area contributed by atoms with E-state index in [0.29, 0.717) is 17.9 Å². The van der Waals surface area contributed by atoms with Crippen molar-refractivity contribution in [2.45, 2.75) is 68.0 Å². The van der Waals surface area contributed by atoms with E-state index in [1.807, 2.05) is 0 Å². The molecule has 3 atom stereocenters. The molecule has 2 aliphatic carbocycles. The second-order valence-electron chi connectivity index (χ2n) is 8.02. The molecule has 4 rings (SSSR count). The van der Waals surface area contributed by atoms with Gasteiger partial charge in [-0.3, -0.25) is 4.79 Å². The van der Waals surface area contributed by atoms with Gasteiger partial charge in [0.15, 0.2) is 0 Å². The van der Waals surface area contributed by atoms with Crippen LogP contribution >= 0.6 is 0 Å². The van der Waals surface area contributed by atoms with Crippen LogP contribution in [0.3, 0.4) is 0 Å². The van der Waals surface area contributed by atoms with Gasteiger partial charge in [0, 0.05) is 17.6 Å². The van der Waals surface area contributed by atoms with Crippen molar-refractivity contribution in [3.05, 3.63) is 29.8 Å². The van der Waals surface area contributed by atoms with Crippen LogP contribution in [0.1, 0.15) is 55.3 Å². The van der Waals surface area contributed by atoms with E-state index >= 15 is 0 Å². The maximum atomic E-state index is 13.3. The first-order valence-electron chi connectivity index (χ1n) is 9.93. The number of hydrogen-bond donors (Lipinski definition) is 1. The van der Waals surface area contributed by atoms with Crippen molar-refractivity contribution in [2.75, 3.05) is 7.11 Å². The highest BCUT2D eigenvalue weighted by molar-refractivity contribution is 7.89. The van der Waals surface area contributed by atoms with E-state index in [1.165, 1.54) is 19.2 Å². The second-order valence-corrected chi connectivity index (χ2v) is 9.74. The van der Waals surface area contributed by atoms with Crippen molar-refractivity contribution in [3.63, 3.8) is 0 Å². The number of carbonyl (C=O) groups excluding carboxylic acids is 2. The van der Waals surface area contributed by atoms with Gasteiger partial charge in [-0.05, 0) is 56.2 Å². The molecule has 0 bridgehead atoms. The summed E-state index contributed by atoms with van der Waals surface area (Å²) in [6, 6.07) is 5.50. The highest BCUT2D eigenvalue weighted by atomic mass is 32.2. The number of carbonyl (C=O) groups is 2. The lowest BCUT2D eigenvalue weighted by Crippen LogP contribution is -2.46. The van der Waals surface area contributed by atoms with E-state index in [-0.39, 0.29) is 22.9 Å². The number of hydrogen-bond acceptors (Lipinski definition) is 5. The van der Waals surface area contributed by atoms with Crippen molar-refractivity contribution in [2.24, 2.45) is 5.92 Å². The first-order chi connectivity index (χ1) is 13.4. The van der Waals surface area contributed by atoms with Crippen molar-refractivity contribution >= 4 is 21.9 Å². The SMILES string of the molecule is COC(=O)C1CC2CCCCC2N1C(=O)c1cccc(S(=O)(=O)NC2CC2)c1. The van der Waals surface area contributed by atoms with Crippen LogP contribution in [0.5, 0.6) is 0 Å². The Morgan fingerprint density at radius 2 is 1.89 bits per heavy atom. The molecule has 1 aliphatic heterocycles. The molecule has 3 unspecified atom stereocenters. The van der Waals surface area contributed by atoms with E-state index < -0.39 is 22.0 Å². The normalized spacial score (nSPS) is 27.3. The molecule has 0 aromatic heterocycles. The third kappa shape index (κ3) is 3.67. The molecule has 1 amide bonds. The van der Waals surface area contributed by atoms with Gasteiger partial charge >= 0.3 is 5.97 Å². The zero-order chi connectivity index (χ0) is 19.9. The summed E-state index contributed by atoms with van der Waals surface area (Å²) in [5.41, 5.74) is 0.291. The van der Waals surface area contributed by atoms with Gasteiger partial charge in [-0.2, -0.15) is 0 Å². The number of rotatable bonds is 5. The highest BCUT2D eigenvalue weighted by Gasteiger charge is 2.48. The van der Waals surface area contributed by atoms with Crippen LogP contribution in [0.2, 0.25) is 0 Å². The summed E-state index contributed by atoms with van der Waals surface area (Å²) in [4.78, 5) is 27.4. The number of likely N-dealkylation sites (tertiary alicyclic amines) is 1. The number of nitrogens with one attached hydrogen (secondary N) is 1. The van der Waals surface area contributed by atoms with Gasteiger partial charge in [0.25, 0.3) is 5.91 Å². The first-order valence-corrected chi connectivity index (χ1v) is 11.4. The lowest BCUT2D eigenvalue weighted by molar-refractivity contribution is -0.145. The summed E-state index contributed by atoms with van der Waals surface area (Å²) in [6.07, 6.45) is 6.30. The maximum absolute atomic E-state index is 13.3. The molecule has 1 heterocycles. The summed E-state index contributed by atoms with van der Waals surface area (Å²) in [5, 5.41) is 0. The fraction of sp³-hybridized carbons (Fsp3) is 0.600. The monoisotopic (exact) mass is 406 g/mol. The molecule has 0 spiro atoms. The third-order valence-corrected chi connectivity index (χ3v) is 7.60. The number of ether oxygens (including phenoxy) is 1. The number of amides is 1. The van der Waals surface area contributed by atoms with E-state index in [9.17, 15) is 18.0 Å². The number of methoxy groups -OCH3 is 1. The van der Waals surface area contributed by atoms with Crippen LogP contribution in [-0.2, 0) is 19.6 Å². The van der Waals surface area contributed by atoms with E-state index in [2.05, 4.69) is 4.72 Å². The van der Waals surface area contributed by atoms with Crippen LogP contribution < -0.4 is 4.72 Å². The number of fused-ring (bicyclic) bond motifs is 1. The Morgan fingerprint density at radius 3 is 2.61 bits per heavy atom. The Labute approximate surface area is 165 Å². The van der Waals surface area contributed by atoms with E-state index in [4.69, 9.17) is 4.74 Å². The average Bonchev–Trinajstić information content (AvgIpc) is 3.42. The van der Waals surface area contributed by atoms with Crippen LogP contribution in [0.15, 0.2) is 29.2 Å². The zero-order valence-electron chi connectivity index (χ0n) is 16.0. The predicted octanol–water partition coefficient (Wildman–Crippen LogP) is 2.07. The molecule has 0 radical (unpaired) electrons. The van der Waals surface area contributed by atoms with Crippen LogP contribution in [0.25, 0.3) is 0 Å². The summed E-state index contributed by atoms with van der Waals surface area (Å²) < 4.78 is 32.6. The summed E-state index contributed by atoms with van der Waals surface area (Å²) in [5.74, 6) is -0.402. The van der Waals surface area contributed by atoms with Gasteiger partial charge in [-0.1, -0.05) is 18.9 Å². The van der Waals surface area contributed by atoms with Crippen molar-refractivity contribution in [3.8, 4) is 0 Å².